The van der Waals surface area contributed by atoms with E-state index in [0.29, 0.717) is 36.7 Å². The van der Waals surface area contributed by atoms with Crippen molar-refractivity contribution in [2.24, 2.45) is 0 Å². The average Bonchev–Trinajstić information content (AvgIpc) is 3.39. The number of aromatic nitrogens is 2. The highest BCUT2D eigenvalue weighted by atomic mass is 32.1. The lowest BCUT2D eigenvalue weighted by Crippen LogP contribution is -2.48. The van der Waals surface area contributed by atoms with Crippen LogP contribution in [0.1, 0.15) is 20.9 Å². The summed E-state index contributed by atoms with van der Waals surface area (Å²) < 4.78 is 41.0. The molecular formula is C24H21F3N4OS. The van der Waals surface area contributed by atoms with E-state index in [-0.39, 0.29) is 5.91 Å². The van der Waals surface area contributed by atoms with Crippen molar-refractivity contribution in [2.45, 2.75) is 13.1 Å². The van der Waals surface area contributed by atoms with Gasteiger partial charge in [0.05, 0.1) is 21.8 Å². The molecule has 0 saturated carbocycles. The third-order valence-electron chi connectivity index (χ3n) is 5.86. The molecule has 0 bridgehead atoms. The molecule has 2 aromatic heterocycles. The number of rotatable bonds is 3. The Morgan fingerprint density at radius 1 is 0.939 bits per heavy atom. The summed E-state index contributed by atoms with van der Waals surface area (Å²) in [6.07, 6.45) is -4.37. The van der Waals surface area contributed by atoms with E-state index in [0.717, 1.165) is 27.7 Å². The fourth-order valence-corrected chi connectivity index (χ4v) is 5.25. The summed E-state index contributed by atoms with van der Waals surface area (Å²) in [5.41, 5.74) is 1.66. The highest BCUT2D eigenvalue weighted by Gasteiger charge is 2.31. The Kier molecular flexibility index (Phi) is 5.36. The molecule has 5 nitrogen and oxygen atoms in total. The molecule has 1 fully saturated rings. The topological polar surface area (TPSA) is 41.4 Å². The molecule has 9 heteroatoms. The van der Waals surface area contributed by atoms with Crippen LogP contribution in [0.2, 0.25) is 0 Å². The monoisotopic (exact) mass is 470 g/mol. The number of fused-ring (bicyclic) bond motifs is 1. The molecule has 0 radical (unpaired) electrons. The van der Waals surface area contributed by atoms with Crippen molar-refractivity contribution in [3.8, 4) is 5.69 Å². The van der Waals surface area contributed by atoms with Gasteiger partial charge in [0.15, 0.2) is 0 Å². The van der Waals surface area contributed by atoms with E-state index in [1.807, 2.05) is 52.9 Å². The molecule has 33 heavy (non-hydrogen) atoms. The maximum absolute atomic E-state index is 13.2. The normalized spacial score (nSPS) is 14.8. The SMILES string of the molecule is Cc1nn(-c2ccccc2)c2sc(C(=O)N3CCN(c4cccc(C(F)(F)F)c4)CC3)cc12. The summed E-state index contributed by atoms with van der Waals surface area (Å²) in [6, 6.07) is 17.0. The molecule has 0 aliphatic carbocycles. The number of hydrogen-bond acceptors (Lipinski definition) is 4. The number of hydrogen-bond donors (Lipinski definition) is 0. The number of benzene rings is 2. The number of anilines is 1. The zero-order chi connectivity index (χ0) is 23.2. The number of thiophene rings is 1. The summed E-state index contributed by atoms with van der Waals surface area (Å²) in [7, 11) is 0. The molecule has 3 heterocycles. The number of alkyl halides is 3. The molecule has 0 atom stereocenters. The van der Waals surface area contributed by atoms with Crippen LogP contribution in [0.4, 0.5) is 18.9 Å². The van der Waals surface area contributed by atoms with Gasteiger partial charge in [-0.1, -0.05) is 24.3 Å². The van der Waals surface area contributed by atoms with E-state index in [4.69, 9.17) is 0 Å². The van der Waals surface area contributed by atoms with Crippen molar-refractivity contribution in [3.63, 3.8) is 0 Å². The van der Waals surface area contributed by atoms with Gasteiger partial charge in [-0.15, -0.1) is 11.3 Å². The minimum atomic E-state index is -4.37. The first-order valence-corrected chi connectivity index (χ1v) is 11.4. The lowest BCUT2D eigenvalue weighted by molar-refractivity contribution is -0.137. The Morgan fingerprint density at radius 2 is 1.64 bits per heavy atom. The first-order valence-electron chi connectivity index (χ1n) is 10.6. The van der Waals surface area contributed by atoms with Gasteiger partial charge in [0.1, 0.15) is 4.83 Å². The maximum atomic E-state index is 13.2. The van der Waals surface area contributed by atoms with Gasteiger partial charge in [-0.25, -0.2) is 4.68 Å². The van der Waals surface area contributed by atoms with Crippen molar-refractivity contribution >= 4 is 33.1 Å². The molecule has 1 aliphatic heterocycles. The van der Waals surface area contributed by atoms with Crippen LogP contribution in [-0.2, 0) is 6.18 Å². The number of piperazine rings is 1. The highest BCUT2D eigenvalue weighted by molar-refractivity contribution is 7.20. The molecule has 1 amide bonds. The molecular weight excluding hydrogens is 449 g/mol. The molecule has 0 spiro atoms. The third kappa shape index (κ3) is 4.08. The fraction of sp³-hybridized carbons (Fsp3) is 0.250. The zero-order valence-corrected chi connectivity index (χ0v) is 18.7. The van der Waals surface area contributed by atoms with Gasteiger partial charge in [0, 0.05) is 37.3 Å². The Bertz CT molecular complexity index is 1300. The van der Waals surface area contributed by atoms with Crippen molar-refractivity contribution < 1.29 is 18.0 Å². The lowest BCUT2D eigenvalue weighted by atomic mass is 10.1. The largest absolute Gasteiger partial charge is 0.416 e. The van der Waals surface area contributed by atoms with Crippen LogP contribution in [0.5, 0.6) is 0 Å². The highest BCUT2D eigenvalue weighted by Crippen LogP contribution is 2.33. The van der Waals surface area contributed by atoms with Crippen LogP contribution in [-0.4, -0.2) is 46.8 Å². The van der Waals surface area contributed by atoms with Crippen LogP contribution in [0.25, 0.3) is 15.9 Å². The minimum Gasteiger partial charge on any atom is -0.368 e. The Balaban J connectivity index is 1.33. The Morgan fingerprint density at radius 3 is 2.33 bits per heavy atom. The number of carbonyl (C=O) groups excluding carboxylic acids is 1. The molecule has 2 aromatic carbocycles. The van der Waals surface area contributed by atoms with Gasteiger partial charge in [0.25, 0.3) is 5.91 Å². The quantitative estimate of drug-likeness (QED) is 0.404. The van der Waals surface area contributed by atoms with E-state index in [9.17, 15) is 18.0 Å². The standard InChI is InChI=1S/C24H21F3N4OS/c1-16-20-15-21(33-23(20)31(28-16)18-7-3-2-4-8-18)22(32)30-12-10-29(11-13-30)19-9-5-6-17(14-19)24(25,26)27/h2-9,14-15H,10-13H2,1H3. The van der Waals surface area contributed by atoms with Gasteiger partial charge in [-0.3, -0.25) is 4.79 Å². The summed E-state index contributed by atoms with van der Waals surface area (Å²) in [5.74, 6) is -0.0566. The van der Waals surface area contributed by atoms with E-state index in [2.05, 4.69) is 5.10 Å². The molecule has 1 saturated heterocycles. The van der Waals surface area contributed by atoms with Gasteiger partial charge >= 0.3 is 6.18 Å². The molecule has 0 unspecified atom stereocenters. The summed E-state index contributed by atoms with van der Waals surface area (Å²) in [6.45, 7) is 3.79. The minimum absolute atomic E-state index is 0.0566. The number of nitrogens with zero attached hydrogens (tertiary/aromatic N) is 4. The van der Waals surface area contributed by atoms with Crippen LogP contribution < -0.4 is 4.90 Å². The molecule has 5 rings (SSSR count). The van der Waals surface area contributed by atoms with Crippen molar-refractivity contribution in [1.29, 1.82) is 0 Å². The van der Waals surface area contributed by atoms with Crippen LogP contribution in [0.3, 0.4) is 0 Å². The van der Waals surface area contributed by atoms with E-state index >= 15 is 0 Å². The third-order valence-corrected chi connectivity index (χ3v) is 6.96. The zero-order valence-electron chi connectivity index (χ0n) is 17.8. The Hall–Kier alpha value is -3.33. The number of aryl methyl sites for hydroxylation is 1. The van der Waals surface area contributed by atoms with Gasteiger partial charge in [0.2, 0.25) is 0 Å². The molecule has 0 N–H and O–H groups in total. The summed E-state index contributed by atoms with van der Waals surface area (Å²) in [5, 5.41) is 5.57. The van der Waals surface area contributed by atoms with Crippen molar-refractivity contribution in [3.05, 3.63) is 76.8 Å². The van der Waals surface area contributed by atoms with Gasteiger partial charge < -0.3 is 9.80 Å². The predicted molar refractivity (Wildman–Crippen MR) is 123 cm³/mol. The van der Waals surface area contributed by atoms with Gasteiger partial charge in [-0.05, 0) is 43.3 Å². The second-order valence-corrected chi connectivity index (χ2v) is 9.02. The second-order valence-electron chi connectivity index (χ2n) is 7.99. The molecule has 1 aliphatic rings. The lowest BCUT2D eigenvalue weighted by Gasteiger charge is -2.36. The smallest absolute Gasteiger partial charge is 0.368 e. The first kappa shape index (κ1) is 21.5. The summed E-state index contributed by atoms with van der Waals surface area (Å²) in [4.78, 5) is 18.4. The van der Waals surface area contributed by atoms with Crippen molar-refractivity contribution in [2.75, 3.05) is 31.1 Å². The number of amides is 1. The summed E-state index contributed by atoms with van der Waals surface area (Å²) >= 11 is 1.41. The van der Waals surface area contributed by atoms with Crippen LogP contribution >= 0.6 is 11.3 Å². The van der Waals surface area contributed by atoms with E-state index in [1.165, 1.54) is 23.5 Å². The fourth-order valence-electron chi connectivity index (χ4n) is 4.10. The van der Waals surface area contributed by atoms with Crippen molar-refractivity contribution in [1.82, 2.24) is 14.7 Å². The maximum Gasteiger partial charge on any atom is 0.416 e. The second kappa shape index (κ2) is 8.22. The number of carbonyl (C=O) groups is 1. The molecule has 170 valence electrons. The van der Waals surface area contributed by atoms with E-state index < -0.39 is 11.7 Å². The number of halogens is 3. The predicted octanol–water partition coefficient (Wildman–Crippen LogP) is 5.38. The van der Waals surface area contributed by atoms with E-state index in [1.54, 1.807) is 11.0 Å². The number of para-hydroxylation sites is 1. The van der Waals surface area contributed by atoms with Crippen LogP contribution in [0, 0.1) is 6.92 Å². The first-order chi connectivity index (χ1) is 15.8. The van der Waals surface area contributed by atoms with Gasteiger partial charge in [-0.2, -0.15) is 18.3 Å². The Labute approximate surface area is 192 Å². The van der Waals surface area contributed by atoms with Crippen LogP contribution in [0.15, 0.2) is 60.7 Å². The average molecular weight is 471 g/mol. The molecule has 4 aromatic rings.